The maximum Gasteiger partial charge on any atom is 0.328 e. The van der Waals surface area contributed by atoms with Crippen LogP contribution in [-0.2, 0) is 28.7 Å². The molecule has 31 heavy (non-hydrogen) atoms. The van der Waals surface area contributed by atoms with Crippen LogP contribution in [0.5, 0.6) is 0 Å². The molecule has 0 saturated carbocycles. The van der Waals surface area contributed by atoms with Gasteiger partial charge in [-0.2, -0.15) is 0 Å². The quantitative estimate of drug-likeness (QED) is 0.177. The highest BCUT2D eigenvalue weighted by Gasteiger charge is 2.34. The van der Waals surface area contributed by atoms with Crippen LogP contribution >= 0.6 is 0 Å². The Bertz CT molecular complexity index is 666. The molecule has 0 bridgehead atoms. The van der Waals surface area contributed by atoms with E-state index < -0.39 is 72.2 Å². The van der Waals surface area contributed by atoms with Crippen LogP contribution < -0.4 is 27.4 Å². The highest BCUT2D eigenvalue weighted by molar-refractivity contribution is 5.96. The SMILES string of the molecule is COC(=O)[C@H](NC(=O)[C@H](NC(=O)[C@H](CC(N)=O)NC(=O)[C@H](N)[C@@H](C)O)C(C)C)C(C)C. The number of methoxy groups -OCH3 is 1. The van der Waals surface area contributed by atoms with Crippen molar-refractivity contribution in [2.24, 2.45) is 23.3 Å². The van der Waals surface area contributed by atoms with E-state index in [0.717, 1.165) is 0 Å². The van der Waals surface area contributed by atoms with Crippen molar-refractivity contribution in [2.75, 3.05) is 7.11 Å². The van der Waals surface area contributed by atoms with E-state index in [-0.39, 0.29) is 5.92 Å². The zero-order valence-electron chi connectivity index (χ0n) is 18.8. The first-order chi connectivity index (χ1) is 14.2. The Balaban J connectivity index is 5.50. The Hall–Kier alpha value is -2.73. The number of nitrogens with one attached hydrogen (secondary N) is 3. The molecule has 0 aliphatic carbocycles. The van der Waals surface area contributed by atoms with Crippen molar-refractivity contribution >= 4 is 29.6 Å². The van der Waals surface area contributed by atoms with Gasteiger partial charge >= 0.3 is 5.97 Å². The smallest absolute Gasteiger partial charge is 0.328 e. The predicted octanol–water partition coefficient (Wildman–Crippen LogP) is -2.49. The number of carbonyl (C=O) groups is 5. The fourth-order valence-corrected chi connectivity index (χ4v) is 2.55. The van der Waals surface area contributed by atoms with Crippen LogP contribution in [0.2, 0.25) is 0 Å². The van der Waals surface area contributed by atoms with Crippen molar-refractivity contribution in [2.45, 2.75) is 71.3 Å². The fraction of sp³-hybridized carbons (Fsp3) is 0.737. The van der Waals surface area contributed by atoms with Crippen LogP contribution in [0.3, 0.4) is 0 Å². The summed E-state index contributed by atoms with van der Waals surface area (Å²) in [4.78, 5) is 60.9. The number of primary amides is 1. The summed E-state index contributed by atoms with van der Waals surface area (Å²) in [6.45, 7) is 8.05. The van der Waals surface area contributed by atoms with Gasteiger partial charge in [0.15, 0.2) is 0 Å². The third-order valence-corrected chi connectivity index (χ3v) is 4.53. The number of esters is 1. The first-order valence-corrected chi connectivity index (χ1v) is 9.93. The summed E-state index contributed by atoms with van der Waals surface area (Å²) in [6, 6.07) is -4.76. The van der Waals surface area contributed by atoms with Gasteiger partial charge in [0.25, 0.3) is 0 Å². The normalized spacial score (nSPS) is 15.9. The molecule has 0 aromatic rings. The average molecular weight is 446 g/mol. The van der Waals surface area contributed by atoms with E-state index in [9.17, 15) is 29.1 Å². The third kappa shape index (κ3) is 9.30. The molecule has 0 unspecified atom stereocenters. The average Bonchev–Trinajstić information content (AvgIpc) is 2.66. The van der Waals surface area contributed by atoms with Crippen LogP contribution in [0.25, 0.3) is 0 Å². The lowest BCUT2D eigenvalue weighted by molar-refractivity contribution is -0.147. The van der Waals surface area contributed by atoms with E-state index in [1.165, 1.54) is 14.0 Å². The lowest BCUT2D eigenvalue weighted by atomic mass is 9.99. The topological polar surface area (TPSA) is 203 Å². The van der Waals surface area contributed by atoms with E-state index in [1.807, 2.05) is 0 Å². The summed E-state index contributed by atoms with van der Waals surface area (Å²) in [6.07, 6.45) is -1.74. The summed E-state index contributed by atoms with van der Waals surface area (Å²) in [5.41, 5.74) is 10.7. The van der Waals surface area contributed by atoms with Crippen molar-refractivity contribution in [3.05, 3.63) is 0 Å². The lowest BCUT2D eigenvalue weighted by Crippen LogP contribution is -2.60. The minimum absolute atomic E-state index is 0.274. The van der Waals surface area contributed by atoms with Crippen molar-refractivity contribution in [3.63, 3.8) is 0 Å². The Morgan fingerprint density at radius 1 is 0.839 bits per heavy atom. The maximum atomic E-state index is 12.8. The number of nitrogens with two attached hydrogens (primary N) is 2. The van der Waals surface area contributed by atoms with Crippen molar-refractivity contribution < 1.29 is 33.8 Å². The predicted molar refractivity (Wildman–Crippen MR) is 111 cm³/mol. The first kappa shape index (κ1) is 28.3. The molecule has 0 heterocycles. The number of carbonyl (C=O) groups excluding carboxylic acids is 5. The molecule has 12 heteroatoms. The van der Waals surface area contributed by atoms with E-state index in [1.54, 1.807) is 27.7 Å². The molecular formula is C19H35N5O7. The van der Waals surface area contributed by atoms with Crippen LogP contribution in [0, 0.1) is 11.8 Å². The molecule has 5 atom stereocenters. The summed E-state index contributed by atoms with van der Waals surface area (Å²) < 4.78 is 4.69. The fourth-order valence-electron chi connectivity index (χ4n) is 2.55. The van der Waals surface area contributed by atoms with Gasteiger partial charge in [-0.1, -0.05) is 27.7 Å². The molecule has 0 fully saturated rings. The summed E-state index contributed by atoms with van der Waals surface area (Å²) in [7, 11) is 1.20. The highest BCUT2D eigenvalue weighted by Crippen LogP contribution is 2.08. The van der Waals surface area contributed by atoms with Crippen molar-refractivity contribution in [1.82, 2.24) is 16.0 Å². The van der Waals surface area contributed by atoms with Gasteiger partial charge in [0.1, 0.15) is 24.2 Å². The summed E-state index contributed by atoms with van der Waals surface area (Å²) in [5.74, 6) is -4.55. The van der Waals surface area contributed by atoms with Crippen LogP contribution in [0.15, 0.2) is 0 Å². The number of hydrogen-bond acceptors (Lipinski definition) is 8. The van der Waals surface area contributed by atoms with E-state index in [0.29, 0.717) is 0 Å². The van der Waals surface area contributed by atoms with Gasteiger partial charge in [0, 0.05) is 0 Å². The largest absolute Gasteiger partial charge is 0.467 e. The zero-order chi connectivity index (χ0) is 24.5. The van der Waals surface area contributed by atoms with Gasteiger partial charge in [-0.3, -0.25) is 19.2 Å². The number of rotatable bonds is 12. The van der Waals surface area contributed by atoms with E-state index >= 15 is 0 Å². The van der Waals surface area contributed by atoms with Crippen LogP contribution in [-0.4, -0.2) is 72.1 Å². The number of aliphatic hydroxyl groups is 1. The second-order valence-corrected chi connectivity index (χ2v) is 7.98. The maximum absolute atomic E-state index is 12.8. The van der Waals surface area contributed by atoms with Crippen LogP contribution in [0.4, 0.5) is 0 Å². The molecule has 0 aliphatic rings. The Labute approximate surface area is 181 Å². The minimum Gasteiger partial charge on any atom is -0.467 e. The molecule has 12 nitrogen and oxygen atoms in total. The molecule has 0 spiro atoms. The molecule has 8 N–H and O–H groups in total. The van der Waals surface area contributed by atoms with Crippen molar-refractivity contribution in [3.8, 4) is 0 Å². The number of aliphatic hydroxyl groups excluding tert-OH is 1. The standard InChI is InChI=1S/C19H35N5O7/c1-8(2)14(18(29)24-15(9(3)4)19(30)31-6)23-16(27)11(7-12(20)26)22-17(28)13(21)10(5)25/h8-11,13-15,25H,7,21H2,1-6H3,(H2,20,26)(H,22,28)(H,23,27)(H,24,29)/t10-,11+,13-,14-,15-/m1/s1. The summed E-state index contributed by atoms with van der Waals surface area (Å²) >= 11 is 0. The molecule has 0 aliphatic heterocycles. The zero-order valence-corrected chi connectivity index (χ0v) is 18.8. The second-order valence-electron chi connectivity index (χ2n) is 7.98. The lowest BCUT2D eigenvalue weighted by Gasteiger charge is -2.28. The third-order valence-electron chi connectivity index (χ3n) is 4.53. The Morgan fingerprint density at radius 3 is 1.71 bits per heavy atom. The molecule has 0 rings (SSSR count). The Kier molecular flexibility index (Phi) is 11.7. The van der Waals surface area contributed by atoms with Gasteiger partial charge < -0.3 is 37.3 Å². The summed E-state index contributed by atoms with van der Waals surface area (Å²) in [5, 5.41) is 16.7. The molecule has 4 amide bonds. The first-order valence-electron chi connectivity index (χ1n) is 9.93. The van der Waals surface area contributed by atoms with Gasteiger partial charge in [-0.25, -0.2) is 4.79 Å². The van der Waals surface area contributed by atoms with Gasteiger partial charge in [-0.15, -0.1) is 0 Å². The van der Waals surface area contributed by atoms with Crippen LogP contribution in [0.1, 0.15) is 41.0 Å². The Morgan fingerprint density at radius 2 is 1.32 bits per heavy atom. The number of ether oxygens (including phenoxy) is 1. The highest BCUT2D eigenvalue weighted by atomic mass is 16.5. The molecule has 0 saturated heterocycles. The van der Waals surface area contributed by atoms with E-state index in [4.69, 9.17) is 16.2 Å². The number of amides is 4. The molecule has 178 valence electrons. The van der Waals surface area contributed by atoms with Gasteiger partial charge in [0.05, 0.1) is 19.6 Å². The minimum atomic E-state index is -1.41. The number of hydrogen-bond donors (Lipinski definition) is 6. The second kappa shape index (κ2) is 12.8. The molecule has 0 aromatic carbocycles. The van der Waals surface area contributed by atoms with Gasteiger partial charge in [-0.05, 0) is 18.8 Å². The van der Waals surface area contributed by atoms with E-state index in [2.05, 4.69) is 16.0 Å². The molecule has 0 radical (unpaired) electrons. The molecule has 0 aromatic heterocycles. The monoisotopic (exact) mass is 445 g/mol. The van der Waals surface area contributed by atoms with Gasteiger partial charge in [0.2, 0.25) is 23.6 Å². The molecular weight excluding hydrogens is 410 g/mol. The van der Waals surface area contributed by atoms with Crippen molar-refractivity contribution in [1.29, 1.82) is 0 Å².